The second-order valence-electron chi connectivity index (χ2n) is 6.32. The van der Waals surface area contributed by atoms with Gasteiger partial charge in [0.15, 0.2) is 11.4 Å². The number of amides is 2. The number of piperidine rings is 1. The number of hydrogen-bond acceptors (Lipinski definition) is 6. The minimum absolute atomic E-state index is 0.0857. The first-order valence-electron chi connectivity index (χ1n) is 7.95. The third-order valence-electron chi connectivity index (χ3n) is 4.63. The number of fused-ring (bicyclic) bond motifs is 1. The number of carbonyl (C=O) groups is 2. The van der Waals surface area contributed by atoms with Crippen LogP contribution in [-0.2, 0) is 4.74 Å². The van der Waals surface area contributed by atoms with E-state index in [1.165, 1.54) is 29.4 Å². The van der Waals surface area contributed by atoms with Crippen LogP contribution in [0.3, 0.4) is 0 Å². The summed E-state index contributed by atoms with van der Waals surface area (Å²) in [5, 5.41) is 12.4. The molecule has 0 aromatic carbocycles. The molecule has 2 aromatic heterocycles. The Labute approximate surface area is 141 Å². The molecule has 130 valence electrons. The zero-order valence-electron chi connectivity index (χ0n) is 13.3. The lowest BCUT2D eigenvalue weighted by atomic mass is 9.92. The smallest absolute Gasteiger partial charge is 0.407 e. The molecule has 0 bridgehead atoms. The number of aromatic nitrogens is 2. The monoisotopic (exact) mass is 344 g/mol. The van der Waals surface area contributed by atoms with E-state index < -0.39 is 23.2 Å². The zero-order chi connectivity index (χ0) is 17.6. The van der Waals surface area contributed by atoms with Crippen LogP contribution in [0, 0.1) is 0 Å². The molecule has 2 N–H and O–H groups in total. The second kappa shape index (κ2) is 5.47. The first kappa shape index (κ1) is 15.4. The summed E-state index contributed by atoms with van der Waals surface area (Å²) in [6.07, 6.45) is 3.47. The van der Waals surface area contributed by atoms with Crippen LogP contribution in [0.1, 0.15) is 23.2 Å². The average Bonchev–Trinajstić information content (AvgIpc) is 2.95. The Morgan fingerprint density at radius 2 is 2.24 bits per heavy atom. The number of alkyl carbamates (subject to hydrolysis) is 1. The van der Waals surface area contributed by atoms with Gasteiger partial charge in [0, 0.05) is 18.9 Å². The number of ether oxygens (including phenoxy) is 1. The van der Waals surface area contributed by atoms with Crippen molar-refractivity contribution in [1.82, 2.24) is 19.6 Å². The molecule has 25 heavy (non-hydrogen) atoms. The van der Waals surface area contributed by atoms with E-state index in [1.54, 1.807) is 0 Å². The van der Waals surface area contributed by atoms with Crippen molar-refractivity contribution in [2.45, 2.75) is 18.4 Å². The van der Waals surface area contributed by atoms with E-state index >= 15 is 0 Å². The van der Waals surface area contributed by atoms with Crippen LogP contribution in [0.15, 0.2) is 29.3 Å². The molecule has 2 saturated heterocycles. The molecule has 1 atom stereocenters. The van der Waals surface area contributed by atoms with Gasteiger partial charge in [-0.15, -0.1) is 0 Å². The van der Waals surface area contributed by atoms with Crippen molar-refractivity contribution in [3.63, 3.8) is 0 Å². The van der Waals surface area contributed by atoms with Gasteiger partial charge in [-0.25, -0.2) is 9.78 Å². The normalized spacial score (nSPS) is 22.9. The Morgan fingerprint density at radius 3 is 3.00 bits per heavy atom. The van der Waals surface area contributed by atoms with E-state index in [0.29, 0.717) is 25.9 Å². The summed E-state index contributed by atoms with van der Waals surface area (Å²) in [6, 6.07) is 2.91. The minimum Gasteiger partial charge on any atom is -0.504 e. The lowest BCUT2D eigenvalue weighted by molar-refractivity contribution is -0.00512. The number of hydrogen-bond donors (Lipinski definition) is 2. The van der Waals surface area contributed by atoms with E-state index in [-0.39, 0.29) is 23.5 Å². The number of nitrogens with one attached hydrogen (secondary N) is 1. The van der Waals surface area contributed by atoms with Gasteiger partial charge < -0.3 is 20.1 Å². The lowest BCUT2D eigenvalue weighted by Crippen LogP contribution is -2.53. The van der Waals surface area contributed by atoms with Crippen molar-refractivity contribution >= 4 is 17.6 Å². The van der Waals surface area contributed by atoms with Gasteiger partial charge in [0.1, 0.15) is 11.2 Å². The fraction of sp³-hybridized carbons (Fsp3) is 0.375. The summed E-state index contributed by atoms with van der Waals surface area (Å²) in [4.78, 5) is 42.3. The van der Waals surface area contributed by atoms with Gasteiger partial charge in [-0.1, -0.05) is 0 Å². The molecule has 0 saturated carbocycles. The maximum atomic E-state index is 12.8. The Balaban J connectivity index is 1.67. The summed E-state index contributed by atoms with van der Waals surface area (Å²) < 4.78 is 6.48. The van der Waals surface area contributed by atoms with E-state index in [0.717, 1.165) is 4.40 Å². The third kappa shape index (κ3) is 2.48. The van der Waals surface area contributed by atoms with E-state index in [4.69, 9.17) is 4.74 Å². The number of nitrogens with zero attached hydrogens (tertiary/aromatic N) is 3. The first-order valence-corrected chi connectivity index (χ1v) is 7.95. The molecule has 2 aliphatic rings. The molecule has 4 heterocycles. The molecule has 1 spiro atoms. The average molecular weight is 344 g/mol. The highest BCUT2D eigenvalue weighted by Gasteiger charge is 2.45. The molecule has 0 unspecified atom stereocenters. The quantitative estimate of drug-likeness (QED) is 0.759. The largest absolute Gasteiger partial charge is 0.504 e. The van der Waals surface area contributed by atoms with Crippen molar-refractivity contribution < 1.29 is 19.4 Å². The van der Waals surface area contributed by atoms with Crippen LogP contribution in [0.2, 0.25) is 0 Å². The number of aromatic hydroxyl groups is 1. The summed E-state index contributed by atoms with van der Waals surface area (Å²) >= 11 is 0. The Morgan fingerprint density at radius 1 is 1.40 bits per heavy atom. The topological polar surface area (TPSA) is 113 Å². The Kier molecular flexibility index (Phi) is 3.38. The van der Waals surface area contributed by atoms with Gasteiger partial charge in [0.05, 0.1) is 13.1 Å². The van der Waals surface area contributed by atoms with Gasteiger partial charge in [-0.3, -0.25) is 14.0 Å². The summed E-state index contributed by atoms with van der Waals surface area (Å²) in [6.45, 7) is 1.05. The predicted molar refractivity (Wildman–Crippen MR) is 85.5 cm³/mol. The number of likely N-dealkylation sites (tertiary alicyclic amines) is 1. The minimum atomic E-state index is -0.732. The highest BCUT2D eigenvalue weighted by Crippen LogP contribution is 2.28. The summed E-state index contributed by atoms with van der Waals surface area (Å²) in [5.74, 6) is -0.600. The van der Waals surface area contributed by atoms with E-state index in [2.05, 4.69) is 10.3 Å². The Hall–Kier alpha value is -3.10. The van der Waals surface area contributed by atoms with Crippen LogP contribution in [0.25, 0.3) is 5.65 Å². The van der Waals surface area contributed by atoms with Gasteiger partial charge in [0.2, 0.25) is 0 Å². The molecule has 2 aliphatic heterocycles. The maximum Gasteiger partial charge on any atom is 0.407 e. The lowest BCUT2D eigenvalue weighted by Gasteiger charge is -2.38. The van der Waals surface area contributed by atoms with E-state index in [1.807, 2.05) is 0 Å². The van der Waals surface area contributed by atoms with Crippen molar-refractivity contribution in [1.29, 1.82) is 0 Å². The van der Waals surface area contributed by atoms with Gasteiger partial charge >= 0.3 is 6.09 Å². The number of pyridine rings is 1. The summed E-state index contributed by atoms with van der Waals surface area (Å²) in [5.41, 5.74) is -1.28. The van der Waals surface area contributed by atoms with Crippen molar-refractivity contribution in [3.05, 3.63) is 40.4 Å². The highest BCUT2D eigenvalue weighted by atomic mass is 16.6. The highest BCUT2D eigenvalue weighted by molar-refractivity contribution is 5.94. The molecule has 9 heteroatoms. The second-order valence-corrected chi connectivity index (χ2v) is 6.32. The van der Waals surface area contributed by atoms with Crippen LogP contribution < -0.4 is 10.9 Å². The standard InChI is InChI=1S/C16H16N4O5/c21-11-3-1-6-20-12(11)17-7-10(14(20)23)13(22)19-5-2-4-16(9-19)8-18-15(24)25-16/h1,3,6-7,21H,2,4-5,8-9H2,(H,18,24)/t16-/m0/s1. The molecule has 4 rings (SSSR count). The number of carbonyl (C=O) groups excluding carboxylic acids is 2. The van der Waals surface area contributed by atoms with Crippen LogP contribution >= 0.6 is 0 Å². The van der Waals surface area contributed by atoms with Gasteiger partial charge in [0.25, 0.3) is 11.5 Å². The number of rotatable bonds is 1. The molecule has 0 aliphatic carbocycles. The fourth-order valence-corrected chi connectivity index (χ4v) is 3.41. The first-order chi connectivity index (χ1) is 12.0. The fourth-order valence-electron chi connectivity index (χ4n) is 3.41. The van der Waals surface area contributed by atoms with Crippen molar-refractivity contribution in [3.8, 4) is 5.75 Å². The van der Waals surface area contributed by atoms with Crippen molar-refractivity contribution in [2.24, 2.45) is 0 Å². The molecular formula is C16H16N4O5. The molecule has 0 radical (unpaired) electrons. The molecule has 2 fully saturated rings. The predicted octanol–water partition coefficient (Wildman–Crippen LogP) is 0.115. The SMILES string of the molecule is O=C1NC[C@]2(CCCN(C(=O)c3cnc4c(O)cccn4c3=O)C2)O1. The Bertz CT molecular complexity index is 940. The third-order valence-corrected chi connectivity index (χ3v) is 4.63. The molecular weight excluding hydrogens is 328 g/mol. The van der Waals surface area contributed by atoms with Gasteiger partial charge in [-0.05, 0) is 25.0 Å². The molecule has 2 aromatic rings. The van der Waals surface area contributed by atoms with E-state index in [9.17, 15) is 19.5 Å². The van der Waals surface area contributed by atoms with Crippen molar-refractivity contribution in [2.75, 3.05) is 19.6 Å². The molecule has 2 amide bonds. The van der Waals surface area contributed by atoms with Crippen LogP contribution in [0.4, 0.5) is 4.79 Å². The van der Waals surface area contributed by atoms with Crippen LogP contribution in [0.5, 0.6) is 5.75 Å². The van der Waals surface area contributed by atoms with Crippen LogP contribution in [-0.4, -0.2) is 56.6 Å². The summed E-state index contributed by atoms with van der Waals surface area (Å²) in [7, 11) is 0. The molecule has 9 nitrogen and oxygen atoms in total. The zero-order valence-corrected chi connectivity index (χ0v) is 13.3. The van der Waals surface area contributed by atoms with Gasteiger partial charge in [-0.2, -0.15) is 0 Å². The maximum absolute atomic E-state index is 12.8.